The topological polar surface area (TPSA) is 384 Å². The van der Waals surface area contributed by atoms with Gasteiger partial charge in [-0.1, -0.05) is 26.8 Å². The van der Waals surface area contributed by atoms with E-state index in [2.05, 4.69) is 47.0 Å². The minimum Gasteiger partial charge on any atom is -0.478 e. The molecule has 7 atom stereocenters. The number of fused-ring (bicyclic) bond motifs is 1. The summed E-state index contributed by atoms with van der Waals surface area (Å²) < 4.78 is 61.7. The summed E-state index contributed by atoms with van der Waals surface area (Å²) in [5.41, 5.74) is 4.30. The lowest BCUT2D eigenvalue weighted by Crippen LogP contribution is -2.46. The van der Waals surface area contributed by atoms with Crippen LogP contribution in [0, 0.1) is 5.41 Å². The fourth-order valence-corrected chi connectivity index (χ4v) is 7.29. The van der Waals surface area contributed by atoms with E-state index in [1.54, 1.807) is 6.08 Å². The van der Waals surface area contributed by atoms with Crippen molar-refractivity contribution in [1.29, 1.82) is 0 Å². The molecular formula is C26H44N7O18P3S. The number of rotatable bonds is 20. The SMILES string of the molecule is CC(C)(COP(=O)(O)OP(=O)(O)OC[C@H]1O[C@@H](n2cnc3c(N)ncnc32)[C@H](O)[C@@H]1OP(=O)(O)O)[C@@H](O)C(=O)NCCC(=O)NCCS.CCC=CC(=O)O. The normalized spacial score (nSPS) is 21.6. The second-order valence-electron chi connectivity index (χ2n) is 11.9. The first-order valence-corrected chi connectivity index (χ1v) is 21.0. The van der Waals surface area contributed by atoms with Gasteiger partial charge in [0, 0.05) is 36.8 Å². The van der Waals surface area contributed by atoms with Gasteiger partial charge in [0.1, 0.15) is 36.3 Å². The van der Waals surface area contributed by atoms with Crippen molar-refractivity contribution in [3.63, 3.8) is 0 Å². The number of allylic oxidation sites excluding steroid dienone is 1. The number of aromatic nitrogens is 4. The molecule has 0 aromatic carbocycles. The number of aliphatic hydroxyl groups is 2. The summed E-state index contributed by atoms with van der Waals surface area (Å²) in [6, 6.07) is 0. The molecule has 1 aliphatic rings. The molecule has 11 N–H and O–H groups in total. The number of carboxylic acid groups (broad SMARTS) is 1. The van der Waals surface area contributed by atoms with E-state index >= 15 is 0 Å². The van der Waals surface area contributed by atoms with Crippen LogP contribution in [0.5, 0.6) is 0 Å². The number of hydrogen-bond donors (Lipinski definition) is 11. The van der Waals surface area contributed by atoms with Crippen LogP contribution in [0.15, 0.2) is 24.8 Å². The van der Waals surface area contributed by atoms with E-state index in [4.69, 9.17) is 24.6 Å². The third kappa shape index (κ3) is 15.9. The monoisotopic (exact) mass is 867 g/mol. The van der Waals surface area contributed by atoms with Crippen LogP contribution in [0.3, 0.4) is 0 Å². The Balaban J connectivity index is 0.00000136. The summed E-state index contributed by atoms with van der Waals surface area (Å²) >= 11 is 3.95. The van der Waals surface area contributed by atoms with Crippen LogP contribution >= 0.6 is 36.1 Å². The Hall–Kier alpha value is -2.90. The first-order valence-electron chi connectivity index (χ1n) is 15.8. The number of nitrogens with zero attached hydrogens (tertiary/aromatic N) is 4. The number of aliphatic carboxylic acids is 1. The van der Waals surface area contributed by atoms with Crippen LogP contribution in [-0.4, -0.2) is 129 Å². The summed E-state index contributed by atoms with van der Waals surface area (Å²) in [6.45, 7) is 2.61. The zero-order valence-corrected chi connectivity index (χ0v) is 33.0. The number of nitrogen functional groups attached to an aromatic ring is 1. The van der Waals surface area contributed by atoms with Crippen molar-refractivity contribution in [3.8, 4) is 0 Å². The Morgan fingerprint density at radius 3 is 2.33 bits per heavy atom. The number of anilines is 1. The molecule has 3 heterocycles. The van der Waals surface area contributed by atoms with Crippen molar-refractivity contribution in [2.45, 2.75) is 64.3 Å². The fraction of sp³-hybridized carbons (Fsp3) is 0.615. The van der Waals surface area contributed by atoms with E-state index in [0.29, 0.717) is 12.3 Å². The van der Waals surface area contributed by atoms with E-state index in [0.717, 1.165) is 29.7 Å². The number of carbonyl (C=O) groups is 3. The number of thiol groups is 1. The highest BCUT2D eigenvalue weighted by molar-refractivity contribution is 7.80. The molecule has 2 amide bonds. The van der Waals surface area contributed by atoms with Crippen molar-refractivity contribution in [1.82, 2.24) is 30.2 Å². The summed E-state index contributed by atoms with van der Waals surface area (Å²) in [5, 5.41) is 34.0. The first kappa shape index (κ1) is 48.2. The van der Waals surface area contributed by atoms with Crippen molar-refractivity contribution in [2.24, 2.45) is 5.41 Å². The molecule has 29 heteroatoms. The predicted molar refractivity (Wildman–Crippen MR) is 191 cm³/mol. The first-order chi connectivity index (χ1) is 25.4. The molecule has 55 heavy (non-hydrogen) atoms. The van der Waals surface area contributed by atoms with Crippen molar-refractivity contribution < 1.29 is 85.6 Å². The summed E-state index contributed by atoms with van der Waals surface area (Å²) in [4.78, 5) is 84.3. The van der Waals surface area contributed by atoms with Gasteiger partial charge in [-0.05, 0) is 6.42 Å². The Bertz CT molecular complexity index is 1800. The second kappa shape index (κ2) is 21.0. The van der Waals surface area contributed by atoms with Gasteiger partial charge in [0.25, 0.3) is 0 Å². The quantitative estimate of drug-likeness (QED) is 0.0448. The van der Waals surface area contributed by atoms with Crippen LogP contribution in [0.1, 0.15) is 39.8 Å². The number of carbonyl (C=O) groups excluding carboxylic acids is 2. The van der Waals surface area contributed by atoms with E-state index in [1.807, 2.05) is 6.92 Å². The smallest absolute Gasteiger partial charge is 0.478 e. The van der Waals surface area contributed by atoms with Crippen LogP contribution in [0.4, 0.5) is 5.82 Å². The maximum absolute atomic E-state index is 12.6. The largest absolute Gasteiger partial charge is 0.481 e. The number of nitrogens with one attached hydrogen (secondary N) is 2. The molecule has 0 saturated carbocycles. The number of carboxylic acids is 1. The maximum Gasteiger partial charge on any atom is 0.481 e. The lowest BCUT2D eigenvalue weighted by molar-refractivity contribution is -0.137. The molecule has 1 saturated heterocycles. The third-order valence-corrected chi connectivity index (χ3v) is 10.3. The van der Waals surface area contributed by atoms with Gasteiger partial charge in [-0.3, -0.25) is 27.7 Å². The minimum atomic E-state index is -5.54. The highest BCUT2D eigenvalue weighted by Crippen LogP contribution is 2.61. The molecule has 25 nitrogen and oxygen atoms in total. The summed E-state index contributed by atoms with van der Waals surface area (Å²) in [5.74, 6) is -1.82. The van der Waals surface area contributed by atoms with Crippen molar-refractivity contribution in [3.05, 3.63) is 24.8 Å². The lowest BCUT2D eigenvalue weighted by Gasteiger charge is -2.30. The minimum absolute atomic E-state index is 0.0363. The van der Waals surface area contributed by atoms with Crippen LogP contribution in [-0.2, 0) is 50.7 Å². The number of phosphoric acid groups is 3. The van der Waals surface area contributed by atoms with Crippen LogP contribution in [0.2, 0.25) is 0 Å². The fourth-order valence-electron chi connectivity index (χ4n) is 4.35. The molecule has 3 rings (SSSR count). The summed E-state index contributed by atoms with van der Waals surface area (Å²) in [7, 11) is -16.3. The van der Waals surface area contributed by atoms with Gasteiger partial charge in [-0.25, -0.2) is 33.4 Å². The number of aliphatic hydroxyl groups excluding tert-OH is 2. The van der Waals surface area contributed by atoms with Gasteiger partial charge in [-0.15, -0.1) is 0 Å². The molecule has 312 valence electrons. The van der Waals surface area contributed by atoms with Crippen LogP contribution in [0.25, 0.3) is 11.2 Å². The van der Waals surface area contributed by atoms with Gasteiger partial charge in [0.15, 0.2) is 17.7 Å². The van der Waals surface area contributed by atoms with Crippen LogP contribution < -0.4 is 16.4 Å². The number of ether oxygens (including phenoxy) is 1. The zero-order chi connectivity index (χ0) is 41.8. The average molecular weight is 868 g/mol. The molecule has 2 unspecified atom stereocenters. The molecule has 2 aromatic rings. The van der Waals surface area contributed by atoms with E-state index in [9.17, 15) is 57.9 Å². The van der Waals surface area contributed by atoms with Gasteiger partial charge >= 0.3 is 29.4 Å². The number of phosphoric ester groups is 3. The molecule has 0 aliphatic carbocycles. The van der Waals surface area contributed by atoms with E-state index in [-0.39, 0.29) is 35.9 Å². The van der Waals surface area contributed by atoms with Gasteiger partial charge in [-0.2, -0.15) is 16.9 Å². The predicted octanol–water partition coefficient (Wildman–Crippen LogP) is -0.628. The molecule has 0 spiro atoms. The Kier molecular flexibility index (Phi) is 18.4. The Labute approximate surface area is 318 Å². The van der Waals surface area contributed by atoms with Gasteiger partial charge in [0.05, 0.1) is 19.5 Å². The van der Waals surface area contributed by atoms with E-state index < -0.39 is 84.6 Å². The standard InChI is InChI=1S/C21H36N7O16P3S.C5H8O2/c1-21(2,16(31)19(32)24-4-3-12(29)23-5-6-48)8-41-47(38,39)44-46(36,37)40-7-11-15(43-45(33,34)35)14(30)20(42-11)28-10-27-13-17(22)25-9-26-18(13)28;1-2-3-4-5(6)7/h9-11,14-16,20,30-31,48H,3-8H2,1-2H3,(H,23,29)(H,24,32)(H,36,37)(H,38,39)(H2,22,25,26)(H2,33,34,35);3-4H,2H2,1H3,(H,6,7)/t11-,14-,15-,16+,20-;/m1./s1. The molecular weight excluding hydrogens is 823 g/mol. The highest BCUT2D eigenvalue weighted by atomic mass is 32.1. The Morgan fingerprint density at radius 1 is 1.09 bits per heavy atom. The molecule has 0 radical (unpaired) electrons. The van der Waals surface area contributed by atoms with Gasteiger partial charge < -0.3 is 56.0 Å². The molecule has 1 aliphatic heterocycles. The van der Waals surface area contributed by atoms with Crippen molar-refractivity contribution >= 4 is 70.9 Å². The average Bonchev–Trinajstić information content (AvgIpc) is 3.64. The third-order valence-electron chi connectivity index (χ3n) is 7.01. The maximum atomic E-state index is 12.6. The molecule has 2 aromatic heterocycles. The summed E-state index contributed by atoms with van der Waals surface area (Å²) in [6.07, 6.45) is -3.22. The molecule has 0 bridgehead atoms. The Morgan fingerprint density at radius 2 is 1.75 bits per heavy atom. The number of nitrogens with two attached hydrogens (primary N) is 1. The number of hydrogen-bond acceptors (Lipinski definition) is 18. The van der Waals surface area contributed by atoms with E-state index in [1.165, 1.54) is 13.8 Å². The number of imidazole rings is 1. The number of amides is 2. The second-order valence-corrected chi connectivity index (χ2v) is 16.6. The van der Waals surface area contributed by atoms with Gasteiger partial charge in [0.2, 0.25) is 11.8 Å². The van der Waals surface area contributed by atoms with Crippen molar-refractivity contribution in [2.75, 3.05) is 37.8 Å². The highest BCUT2D eigenvalue weighted by Gasteiger charge is 2.50. The molecule has 1 fully saturated rings. The lowest BCUT2D eigenvalue weighted by atomic mass is 9.87. The zero-order valence-electron chi connectivity index (χ0n) is 29.4.